The molecule has 1 N–H and O–H groups in total. The summed E-state index contributed by atoms with van der Waals surface area (Å²) >= 11 is 13.2. The second-order valence-electron chi connectivity index (χ2n) is 4.06. The molecule has 0 atom stereocenters. The molecule has 0 unspecified atom stereocenters. The van der Waals surface area contributed by atoms with Crippen LogP contribution in [0.15, 0.2) is 23.7 Å². The SMILES string of the molecule is Cc1nc2scnn2c1C(=O)Nc1ccc(Cl)cc1Cl. The molecule has 0 saturated carbocycles. The van der Waals surface area contributed by atoms with Gasteiger partial charge in [-0.3, -0.25) is 4.79 Å². The van der Waals surface area contributed by atoms with E-state index >= 15 is 0 Å². The van der Waals surface area contributed by atoms with Crippen LogP contribution in [0.3, 0.4) is 0 Å². The highest BCUT2D eigenvalue weighted by molar-refractivity contribution is 7.14. The lowest BCUT2D eigenvalue weighted by Crippen LogP contribution is -2.16. The van der Waals surface area contributed by atoms with E-state index < -0.39 is 0 Å². The largest absolute Gasteiger partial charge is 0.319 e. The molecule has 2 heterocycles. The highest BCUT2D eigenvalue weighted by atomic mass is 35.5. The number of halogens is 2. The van der Waals surface area contributed by atoms with E-state index in [2.05, 4.69) is 15.4 Å². The minimum Gasteiger partial charge on any atom is -0.319 e. The van der Waals surface area contributed by atoms with Crippen LogP contribution in [0.1, 0.15) is 16.2 Å². The van der Waals surface area contributed by atoms with Gasteiger partial charge in [0.15, 0.2) is 5.69 Å². The minimum atomic E-state index is -0.315. The van der Waals surface area contributed by atoms with E-state index in [-0.39, 0.29) is 5.91 Å². The fourth-order valence-electron chi connectivity index (χ4n) is 1.83. The number of carbonyl (C=O) groups excluding carboxylic acids is 1. The average Bonchev–Trinajstić information content (AvgIpc) is 2.92. The molecule has 8 heteroatoms. The minimum absolute atomic E-state index is 0.315. The van der Waals surface area contributed by atoms with Crippen LogP contribution in [0.5, 0.6) is 0 Å². The van der Waals surface area contributed by atoms with Gasteiger partial charge in [-0.25, -0.2) is 4.98 Å². The lowest BCUT2D eigenvalue weighted by atomic mass is 10.3. The van der Waals surface area contributed by atoms with E-state index in [1.54, 1.807) is 30.6 Å². The Morgan fingerprint density at radius 2 is 2.20 bits per heavy atom. The zero-order valence-corrected chi connectivity index (χ0v) is 12.6. The van der Waals surface area contributed by atoms with Crippen molar-refractivity contribution in [2.24, 2.45) is 0 Å². The fraction of sp³-hybridized carbons (Fsp3) is 0.0833. The summed E-state index contributed by atoms with van der Waals surface area (Å²) in [6.45, 7) is 1.76. The summed E-state index contributed by atoms with van der Waals surface area (Å²) in [4.78, 5) is 17.3. The molecule has 0 aliphatic carbocycles. The van der Waals surface area contributed by atoms with E-state index in [4.69, 9.17) is 23.2 Å². The summed E-state index contributed by atoms with van der Waals surface area (Å²) in [7, 11) is 0. The number of anilines is 1. The van der Waals surface area contributed by atoms with Crippen LogP contribution in [0.2, 0.25) is 10.0 Å². The van der Waals surface area contributed by atoms with Gasteiger partial charge in [0, 0.05) is 5.02 Å². The summed E-state index contributed by atoms with van der Waals surface area (Å²) in [6.07, 6.45) is 0. The van der Waals surface area contributed by atoms with Crippen LogP contribution in [0, 0.1) is 6.92 Å². The highest BCUT2D eigenvalue weighted by Crippen LogP contribution is 2.26. The molecule has 0 fully saturated rings. The molecule has 0 spiro atoms. The summed E-state index contributed by atoms with van der Waals surface area (Å²) < 4.78 is 1.51. The molecule has 5 nitrogen and oxygen atoms in total. The maximum Gasteiger partial charge on any atom is 0.276 e. The number of nitrogens with one attached hydrogen (secondary N) is 1. The van der Waals surface area contributed by atoms with E-state index in [0.29, 0.717) is 32.1 Å². The molecule has 0 aliphatic rings. The molecule has 0 aliphatic heterocycles. The molecule has 1 amide bonds. The Bertz CT molecular complexity index is 811. The fourth-order valence-corrected chi connectivity index (χ4v) is 2.95. The number of carbonyl (C=O) groups is 1. The van der Waals surface area contributed by atoms with Gasteiger partial charge in [0.2, 0.25) is 4.96 Å². The number of aromatic nitrogens is 3. The van der Waals surface area contributed by atoms with Gasteiger partial charge in [-0.2, -0.15) is 9.61 Å². The van der Waals surface area contributed by atoms with Crippen molar-refractivity contribution < 1.29 is 4.79 Å². The Morgan fingerprint density at radius 1 is 1.40 bits per heavy atom. The van der Waals surface area contributed by atoms with Crippen molar-refractivity contribution in [3.63, 3.8) is 0 Å². The topological polar surface area (TPSA) is 59.3 Å². The van der Waals surface area contributed by atoms with Crippen LogP contribution in [0.25, 0.3) is 4.96 Å². The van der Waals surface area contributed by atoms with Gasteiger partial charge in [-0.05, 0) is 25.1 Å². The normalized spacial score (nSPS) is 10.9. The van der Waals surface area contributed by atoms with Gasteiger partial charge < -0.3 is 5.32 Å². The zero-order valence-electron chi connectivity index (χ0n) is 10.2. The number of hydrogen-bond acceptors (Lipinski definition) is 4. The lowest BCUT2D eigenvalue weighted by Gasteiger charge is -2.07. The first kappa shape index (κ1) is 13.4. The molecule has 0 bridgehead atoms. The number of hydrogen-bond donors (Lipinski definition) is 1. The lowest BCUT2D eigenvalue weighted by molar-refractivity contribution is 0.102. The number of fused-ring (bicyclic) bond motifs is 1. The molecular weight excluding hydrogens is 319 g/mol. The smallest absolute Gasteiger partial charge is 0.276 e. The molecule has 20 heavy (non-hydrogen) atoms. The molecule has 1 aromatic carbocycles. The maximum atomic E-state index is 12.3. The molecule has 3 aromatic rings. The monoisotopic (exact) mass is 326 g/mol. The van der Waals surface area contributed by atoms with Crippen molar-refractivity contribution in [3.8, 4) is 0 Å². The summed E-state index contributed by atoms with van der Waals surface area (Å²) in [6, 6.07) is 4.88. The Kier molecular flexibility index (Phi) is 3.37. The van der Waals surface area contributed by atoms with Crippen LogP contribution < -0.4 is 5.32 Å². The van der Waals surface area contributed by atoms with Crippen molar-refractivity contribution in [2.75, 3.05) is 5.32 Å². The Hall–Kier alpha value is -1.63. The van der Waals surface area contributed by atoms with Crippen molar-refractivity contribution in [2.45, 2.75) is 6.92 Å². The van der Waals surface area contributed by atoms with E-state index in [1.807, 2.05) is 0 Å². The Labute approximate surface area is 128 Å². The predicted octanol–water partition coefficient (Wildman–Crippen LogP) is 3.66. The average molecular weight is 327 g/mol. The maximum absolute atomic E-state index is 12.3. The number of aryl methyl sites for hydroxylation is 1. The van der Waals surface area contributed by atoms with Crippen molar-refractivity contribution in [1.82, 2.24) is 14.6 Å². The first-order valence-corrected chi connectivity index (χ1v) is 7.25. The zero-order chi connectivity index (χ0) is 14.3. The summed E-state index contributed by atoms with van der Waals surface area (Å²) in [5, 5.41) is 7.72. The third kappa shape index (κ3) is 2.26. The Balaban J connectivity index is 1.97. The third-order valence-corrected chi connectivity index (χ3v) is 3.94. The molecule has 102 valence electrons. The van der Waals surface area contributed by atoms with E-state index in [0.717, 1.165) is 0 Å². The van der Waals surface area contributed by atoms with Crippen molar-refractivity contribution in [3.05, 3.63) is 45.1 Å². The van der Waals surface area contributed by atoms with Gasteiger partial charge in [0.1, 0.15) is 5.51 Å². The number of benzene rings is 1. The van der Waals surface area contributed by atoms with E-state index in [1.165, 1.54) is 15.9 Å². The number of amides is 1. The number of nitrogens with zero attached hydrogens (tertiary/aromatic N) is 3. The molecule has 0 radical (unpaired) electrons. The van der Waals surface area contributed by atoms with Gasteiger partial charge in [0.05, 0.1) is 16.4 Å². The number of imidazole rings is 1. The second-order valence-corrected chi connectivity index (χ2v) is 5.71. The first-order valence-electron chi connectivity index (χ1n) is 5.61. The van der Waals surface area contributed by atoms with Gasteiger partial charge in [-0.1, -0.05) is 34.5 Å². The quantitative estimate of drug-likeness (QED) is 0.781. The van der Waals surface area contributed by atoms with Crippen molar-refractivity contribution in [1.29, 1.82) is 0 Å². The van der Waals surface area contributed by atoms with Crippen LogP contribution in [0.4, 0.5) is 5.69 Å². The van der Waals surface area contributed by atoms with Gasteiger partial charge >= 0.3 is 0 Å². The predicted molar refractivity (Wildman–Crippen MR) is 80.0 cm³/mol. The van der Waals surface area contributed by atoms with Crippen LogP contribution in [-0.4, -0.2) is 20.5 Å². The summed E-state index contributed by atoms with van der Waals surface area (Å²) in [5.41, 5.74) is 3.14. The molecule has 0 saturated heterocycles. The second kappa shape index (κ2) is 5.05. The molecular formula is C12H8Cl2N4OS. The van der Waals surface area contributed by atoms with E-state index in [9.17, 15) is 4.79 Å². The third-order valence-electron chi connectivity index (χ3n) is 2.71. The first-order chi connectivity index (χ1) is 9.56. The Morgan fingerprint density at radius 3 is 2.95 bits per heavy atom. The number of rotatable bonds is 2. The summed E-state index contributed by atoms with van der Waals surface area (Å²) in [5.74, 6) is -0.315. The molecule has 2 aromatic heterocycles. The van der Waals surface area contributed by atoms with Gasteiger partial charge in [0.25, 0.3) is 5.91 Å². The van der Waals surface area contributed by atoms with Crippen LogP contribution >= 0.6 is 34.5 Å². The van der Waals surface area contributed by atoms with Crippen LogP contribution in [-0.2, 0) is 0 Å². The highest BCUT2D eigenvalue weighted by Gasteiger charge is 2.19. The van der Waals surface area contributed by atoms with Crippen molar-refractivity contribution >= 4 is 51.1 Å². The molecule has 3 rings (SSSR count). The van der Waals surface area contributed by atoms with Gasteiger partial charge in [-0.15, -0.1) is 0 Å². The standard InChI is InChI=1S/C12H8Cl2N4OS/c1-6-10(18-12(16-6)20-5-15-18)11(19)17-9-3-2-7(13)4-8(9)14/h2-5H,1H3,(H,17,19).